The molecule has 1 aliphatic heterocycles. The molecule has 0 unspecified atom stereocenters. The van der Waals surface area contributed by atoms with Crippen LogP contribution in [0, 0.1) is 11.8 Å². The molecule has 9 heteroatoms. The molecule has 186 valence electrons. The first kappa shape index (κ1) is 24.2. The molecule has 2 aromatic rings. The van der Waals surface area contributed by atoms with E-state index < -0.39 is 0 Å². The van der Waals surface area contributed by atoms with E-state index in [9.17, 15) is 14.4 Å². The van der Waals surface area contributed by atoms with Crippen LogP contribution in [-0.2, 0) is 23.6 Å². The van der Waals surface area contributed by atoms with Gasteiger partial charge in [0.15, 0.2) is 0 Å². The molecule has 1 aliphatic carbocycles. The van der Waals surface area contributed by atoms with Gasteiger partial charge in [0.25, 0.3) is 0 Å². The van der Waals surface area contributed by atoms with Gasteiger partial charge in [0, 0.05) is 33.7 Å². The Hall–Kier alpha value is -2.97. The number of aryl methyl sites for hydroxylation is 2. The number of nitrogens with one attached hydrogen (secondary N) is 2. The molecule has 0 bridgehead atoms. The minimum absolute atomic E-state index is 0.0126. The van der Waals surface area contributed by atoms with Crippen LogP contribution in [0.25, 0.3) is 11.0 Å². The van der Waals surface area contributed by atoms with Crippen molar-refractivity contribution in [1.29, 1.82) is 0 Å². The number of hydrogen-bond donors (Lipinski definition) is 2. The number of fused-ring (bicyclic) bond motifs is 1. The van der Waals surface area contributed by atoms with Crippen molar-refractivity contribution in [2.45, 2.75) is 51.9 Å². The van der Waals surface area contributed by atoms with Crippen molar-refractivity contribution < 1.29 is 14.3 Å². The Labute approximate surface area is 200 Å². The van der Waals surface area contributed by atoms with Crippen LogP contribution in [0.4, 0.5) is 16.2 Å². The van der Waals surface area contributed by atoms with Crippen LogP contribution in [0.3, 0.4) is 0 Å². The molecule has 1 saturated carbocycles. The van der Waals surface area contributed by atoms with E-state index in [1.807, 2.05) is 19.1 Å². The van der Waals surface area contributed by atoms with Crippen LogP contribution < -0.4 is 21.2 Å². The van der Waals surface area contributed by atoms with E-state index in [0.29, 0.717) is 19.1 Å². The van der Waals surface area contributed by atoms with Gasteiger partial charge >= 0.3 is 17.7 Å². The topological polar surface area (TPSA) is 97.6 Å². The quantitative estimate of drug-likeness (QED) is 0.630. The number of anilines is 2. The Kier molecular flexibility index (Phi) is 7.48. The number of nitrogens with zero attached hydrogens (tertiary/aromatic N) is 3. The number of piperidine rings is 1. The zero-order chi connectivity index (χ0) is 24.2. The SMILES string of the molecule is CCOC(=O)C1CCC(CNC(=O)Nc2cc3c(cc2N2CCCCC2)n(C)c(=O)n3C)CC1. The molecule has 9 nitrogen and oxygen atoms in total. The number of urea groups is 1. The molecule has 34 heavy (non-hydrogen) atoms. The molecule has 1 aromatic carbocycles. The van der Waals surface area contributed by atoms with Crippen LogP contribution in [-0.4, -0.2) is 47.4 Å². The van der Waals surface area contributed by atoms with E-state index >= 15 is 0 Å². The van der Waals surface area contributed by atoms with E-state index in [-0.39, 0.29) is 23.6 Å². The molecular formula is C25H37N5O4. The fourth-order valence-corrected chi connectivity index (χ4v) is 5.30. The van der Waals surface area contributed by atoms with E-state index in [4.69, 9.17) is 4.74 Å². The molecule has 2 fully saturated rings. The van der Waals surface area contributed by atoms with Crippen molar-refractivity contribution in [3.8, 4) is 0 Å². The van der Waals surface area contributed by atoms with E-state index in [1.54, 1.807) is 23.2 Å². The average Bonchev–Trinajstić information content (AvgIpc) is 3.06. The number of aromatic nitrogens is 2. The molecule has 2 N–H and O–H groups in total. The van der Waals surface area contributed by atoms with Gasteiger partial charge in [-0.2, -0.15) is 0 Å². The number of hydrogen-bond acceptors (Lipinski definition) is 5. The maximum absolute atomic E-state index is 12.9. The molecule has 2 heterocycles. The minimum atomic E-state index is -0.244. The number of esters is 1. The molecule has 0 atom stereocenters. The van der Waals surface area contributed by atoms with Crippen molar-refractivity contribution in [2.75, 3.05) is 36.5 Å². The van der Waals surface area contributed by atoms with Crippen LogP contribution in [0.1, 0.15) is 51.9 Å². The molecule has 0 spiro atoms. The average molecular weight is 472 g/mol. The Morgan fingerprint density at radius 1 is 1.00 bits per heavy atom. The second-order valence-electron chi connectivity index (χ2n) is 9.61. The number of rotatable bonds is 6. The lowest BCUT2D eigenvalue weighted by Crippen LogP contribution is -2.36. The number of ether oxygens (including phenoxy) is 1. The Morgan fingerprint density at radius 2 is 1.65 bits per heavy atom. The molecule has 1 saturated heterocycles. The first-order valence-corrected chi connectivity index (χ1v) is 12.5. The molecule has 2 amide bonds. The highest BCUT2D eigenvalue weighted by Gasteiger charge is 2.27. The van der Waals surface area contributed by atoms with Gasteiger partial charge in [0.05, 0.1) is 34.9 Å². The van der Waals surface area contributed by atoms with Crippen molar-refractivity contribution >= 4 is 34.4 Å². The Bertz CT molecular complexity index is 1090. The van der Waals surface area contributed by atoms with Gasteiger partial charge in [-0.3, -0.25) is 13.9 Å². The highest BCUT2D eigenvalue weighted by molar-refractivity contribution is 5.98. The van der Waals surface area contributed by atoms with Crippen molar-refractivity contribution in [3.63, 3.8) is 0 Å². The summed E-state index contributed by atoms with van der Waals surface area (Å²) in [4.78, 5) is 39.6. The van der Waals surface area contributed by atoms with Gasteiger partial charge in [-0.25, -0.2) is 9.59 Å². The lowest BCUT2D eigenvalue weighted by Gasteiger charge is -2.31. The number of imidazole rings is 1. The fraction of sp³-hybridized carbons (Fsp3) is 0.640. The monoisotopic (exact) mass is 471 g/mol. The van der Waals surface area contributed by atoms with Crippen LogP contribution in [0.2, 0.25) is 0 Å². The number of carbonyl (C=O) groups is 2. The lowest BCUT2D eigenvalue weighted by molar-refractivity contribution is -0.149. The minimum Gasteiger partial charge on any atom is -0.466 e. The summed E-state index contributed by atoms with van der Waals surface area (Å²) < 4.78 is 8.41. The summed E-state index contributed by atoms with van der Waals surface area (Å²) in [5.41, 5.74) is 3.25. The second kappa shape index (κ2) is 10.5. The third-order valence-corrected chi connectivity index (χ3v) is 7.35. The largest absolute Gasteiger partial charge is 0.466 e. The van der Waals surface area contributed by atoms with Gasteiger partial charge < -0.3 is 20.3 Å². The second-order valence-corrected chi connectivity index (χ2v) is 9.61. The summed E-state index contributed by atoms with van der Waals surface area (Å²) in [7, 11) is 3.53. The third kappa shape index (κ3) is 5.08. The maximum atomic E-state index is 12.9. The van der Waals surface area contributed by atoms with Crippen molar-refractivity contribution in [3.05, 3.63) is 22.6 Å². The Balaban J connectivity index is 1.43. The highest BCUT2D eigenvalue weighted by Crippen LogP contribution is 2.33. The smallest absolute Gasteiger partial charge is 0.328 e. The van der Waals surface area contributed by atoms with Gasteiger partial charge in [0.2, 0.25) is 0 Å². The molecular weight excluding hydrogens is 434 g/mol. The standard InChI is InChI=1S/C25H37N5O4/c1-4-34-23(31)18-10-8-17(9-11-18)16-26-24(32)27-19-14-21-22(29(3)25(33)28(21)2)15-20(19)30-12-6-5-7-13-30/h14-15,17-18H,4-13,16H2,1-3H3,(H2,26,27,32). The highest BCUT2D eigenvalue weighted by atomic mass is 16.5. The molecule has 2 aliphatic rings. The van der Waals surface area contributed by atoms with E-state index in [1.165, 1.54) is 6.42 Å². The summed E-state index contributed by atoms with van der Waals surface area (Å²) in [5.74, 6) is 0.249. The molecule has 1 aromatic heterocycles. The Morgan fingerprint density at radius 3 is 2.29 bits per heavy atom. The molecule has 4 rings (SSSR count). The number of amides is 2. The van der Waals surface area contributed by atoms with E-state index in [2.05, 4.69) is 15.5 Å². The van der Waals surface area contributed by atoms with Crippen LogP contribution in [0.5, 0.6) is 0 Å². The zero-order valence-electron chi connectivity index (χ0n) is 20.6. The van der Waals surface area contributed by atoms with Gasteiger partial charge in [0.1, 0.15) is 0 Å². The van der Waals surface area contributed by atoms with Crippen molar-refractivity contribution in [1.82, 2.24) is 14.5 Å². The van der Waals surface area contributed by atoms with E-state index in [0.717, 1.165) is 74.0 Å². The van der Waals surface area contributed by atoms with Gasteiger partial charge in [-0.15, -0.1) is 0 Å². The fourth-order valence-electron chi connectivity index (χ4n) is 5.30. The van der Waals surface area contributed by atoms with Crippen molar-refractivity contribution in [2.24, 2.45) is 25.9 Å². The summed E-state index contributed by atoms with van der Waals surface area (Å²) in [5, 5.41) is 6.07. The predicted octanol–water partition coefficient (Wildman–Crippen LogP) is 3.36. The third-order valence-electron chi connectivity index (χ3n) is 7.35. The summed E-state index contributed by atoms with van der Waals surface area (Å²) >= 11 is 0. The normalized spacial score (nSPS) is 20.9. The summed E-state index contributed by atoms with van der Waals surface area (Å²) in [6.07, 6.45) is 6.87. The lowest BCUT2D eigenvalue weighted by atomic mass is 9.82. The summed E-state index contributed by atoms with van der Waals surface area (Å²) in [6.45, 7) is 4.70. The number of carbonyl (C=O) groups excluding carboxylic acids is 2. The molecule has 0 radical (unpaired) electrons. The zero-order valence-corrected chi connectivity index (χ0v) is 20.6. The maximum Gasteiger partial charge on any atom is 0.328 e. The first-order chi connectivity index (χ1) is 16.4. The predicted molar refractivity (Wildman–Crippen MR) is 133 cm³/mol. The van der Waals surface area contributed by atoms with Crippen LogP contribution >= 0.6 is 0 Å². The first-order valence-electron chi connectivity index (χ1n) is 12.5. The van der Waals surface area contributed by atoms with Crippen LogP contribution in [0.15, 0.2) is 16.9 Å². The summed E-state index contributed by atoms with van der Waals surface area (Å²) in [6, 6.07) is 3.69. The van der Waals surface area contributed by atoms with Gasteiger partial charge in [-0.1, -0.05) is 0 Å². The number of benzene rings is 1. The van der Waals surface area contributed by atoms with Gasteiger partial charge in [-0.05, 0) is 69.9 Å².